The lowest BCUT2D eigenvalue weighted by molar-refractivity contribution is 0.416. The lowest BCUT2D eigenvalue weighted by Crippen LogP contribution is -1.89. The van der Waals surface area contributed by atoms with Gasteiger partial charge in [-0.1, -0.05) is 39.1 Å². The third-order valence-corrected chi connectivity index (χ3v) is 4.16. The topological polar surface area (TPSA) is 37.9 Å². The zero-order valence-electron chi connectivity index (χ0n) is 10.4. The first-order valence-corrected chi connectivity index (χ1v) is 7.32. The molecular formula is C14H9BrCl2N2O. The van der Waals surface area contributed by atoms with Crippen LogP contribution in [-0.2, 0) is 0 Å². The number of fused-ring (bicyclic) bond motifs is 1. The Morgan fingerprint density at radius 3 is 2.65 bits per heavy atom. The number of H-pyrrole nitrogens is 1. The molecule has 20 heavy (non-hydrogen) atoms. The molecule has 1 heterocycles. The first kappa shape index (κ1) is 13.7. The van der Waals surface area contributed by atoms with Gasteiger partial charge in [0.25, 0.3) is 0 Å². The van der Waals surface area contributed by atoms with Gasteiger partial charge in [-0.05, 0) is 30.3 Å². The maximum absolute atomic E-state index is 6.01. The number of hydrogen-bond acceptors (Lipinski definition) is 2. The summed E-state index contributed by atoms with van der Waals surface area (Å²) in [6.07, 6.45) is 0. The van der Waals surface area contributed by atoms with Gasteiger partial charge < -0.3 is 9.72 Å². The Hall–Kier alpha value is -1.23. The fourth-order valence-corrected chi connectivity index (χ4v) is 2.68. The van der Waals surface area contributed by atoms with Crippen LogP contribution in [0.2, 0.25) is 10.0 Å². The number of rotatable bonds is 2. The monoisotopic (exact) mass is 370 g/mol. The number of nitrogens with zero attached hydrogens (tertiary/aromatic N) is 1. The fraction of sp³-hybridized carbons (Fsp3) is 0.0714. The smallest absolute Gasteiger partial charge is 0.142 e. The number of imidazole rings is 1. The van der Waals surface area contributed by atoms with E-state index in [0.29, 0.717) is 15.9 Å². The van der Waals surface area contributed by atoms with Gasteiger partial charge in [0.2, 0.25) is 0 Å². The largest absolute Gasteiger partial charge is 0.496 e. The normalized spacial score (nSPS) is 11.0. The van der Waals surface area contributed by atoms with Crippen LogP contribution in [0.15, 0.2) is 34.8 Å². The number of halogens is 3. The summed E-state index contributed by atoms with van der Waals surface area (Å²) in [6.45, 7) is 0. The summed E-state index contributed by atoms with van der Waals surface area (Å²) in [5.41, 5.74) is 2.46. The van der Waals surface area contributed by atoms with Crippen molar-refractivity contribution in [2.24, 2.45) is 0 Å². The van der Waals surface area contributed by atoms with Crippen LogP contribution in [-0.4, -0.2) is 17.1 Å². The number of nitrogens with one attached hydrogen (secondary N) is 1. The Morgan fingerprint density at radius 1 is 1.15 bits per heavy atom. The zero-order chi connectivity index (χ0) is 14.3. The van der Waals surface area contributed by atoms with Crippen LogP contribution in [0.3, 0.4) is 0 Å². The van der Waals surface area contributed by atoms with Crippen molar-refractivity contribution in [2.45, 2.75) is 0 Å². The number of ether oxygens (including phenoxy) is 1. The predicted octanol–water partition coefficient (Wildman–Crippen LogP) is 5.31. The molecule has 0 spiro atoms. The lowest BCUT2D eigenvalue weighted by atomic mass is 10.2. The van der Waals surface area contributed by atoms with Crippen molar-refractivity contribution >= 4 is 50.2 Å². The van der Waals surface area contributed by atoms with E-state index in [1.165, 1.54) is 0 Å². The second-order valence-electron chi connectivity index (χ2n) is 4.21. The first-order valence-electron chi connectivity index (χ1n) is 5.77. The Morgan fingerprint density at radius 2 is 1.90 bits per heavy atom. The van der Waals surface area contributed by atoms with Crippen LogP contribution in [0.5, 0.6) is 5.75 Å². The van der Waals surface area contributed by atoms with E-state index < -0.39 is 0 Å². The fourth-order valence-electron chi connectivity index (χ4n) is 2.00. The summed E-state index contributed by atoms with van der Waals surface area (Å²) < 4.78 is 6.31. The third kappa shape index (κ3) is 2.39. The van der Waals surface area contributed by atoms with Gasteiger partial charge in [-0.3, -0.25) is 0 Å². The highest BCUT2D eigenvalue weighted by Gasteiger charge is 2.12. The average Bonchev–Trinajstić information content (AvgIpc) is 2.82. The molecule has 3 nitrogen and oxygen atoms in total. The summed E-state index contributed by atoms with van der Waals surface area (Å²) >= 11 is 15.5. The maximum atomic E-state index is 6.01. The highest BCUT2D eigenvalue weighted by molar-refractivity contribution is 9.10. The van der Waals surface area contributed by atoms with Crippen molar-refractivity contribution < 1.29 is 4.74 Å². The van der Waals surface area contributed by atoms with E-state index >= 15 is 0 Å². The molecule has 1 N–H and O–H groups in total. The molecular weight excluding hydrogens is 363 g/mol. The van der Waals surface area contributed by atoms with Crippen molar-refractivity contribution in [3.8, 4) is 17.1 Å². The van der Waals surface area contributed by atoms with E-state index in [-0.39, 0.29) is 0 Å². The van der Waals surface area contributed by atoms with Gasteiger partial charge in [0.15, 0.2) is 0 Å². The Labute approximate surface area is 134 Å². The number of hydrogen-bond donors (Lipinski definition) is 1. The minimum atomic E-state index is 0.485. The highest BCUT2D eigenvalue weighted by Crippen LogP contribution is 2.33. The molecule has 0 amide bonds. The van der Waals surface area contributed by atoms with Gasteiger partial charge >= 0.3 is 0 Å². The number of aromatic nitrogens is 2. The molecule has 0 aliphatic carbocycles. The molecule has 3 aromatic rings. The number of methoxy groups -OCH3 is 1. The molecule has 0 atom stereocenters. The SMILES string of the molecule is COc1ccc(Br)cc1-c1nc2cc(Cl)c(Cl)cc2[nH]1. The molecule has 0 unspecified atom stereocenters. The van der Waals surface area contributed by atoms with Crippen LogP contribution in [0.4, 0.5) is 0 Å². The summed E-state index contributed by atoms with van der Waals surface area (Å²) in [5, 5.41) is 0.981. The molecule has 0 fully saturated rings. The predicted molar refractivity (Wildman–Crippen MR) is 85.8 cm³/mol. The quantitative estimate of drug-likeness (QED) is 0.662. The van der Waals surface area contributed by atoms with Gasteiger partial charge in [-0.2, -0.15) is 0 Å². The summed E-state index contributed by atoms with van der Waals surface area (Å²) in [5.74, 6) is 1.45. The average molecular weight is 372 g/mol. The molecule has 102 valence electrons. The van der Waals surface area contributed by atoms with Crippen molar-refractivity contribution in [3.63, 3.8) is 0 Å². The molecule has 0 bridgehead atoms. The number of aromatic amines is 1. The molecule has 6 heteroatoms. The van der Waals surface area contributed by atoms with Crippen molar-refractivity contribution in [2.75, 3.05) is 7.11 Å². The van der Waals surface area contributed by atoms with E-state index in [2.05, 4.69) is 25.9 Å². The number of benzene rings is 2. The Balaban J connectivity index is 2.22. The van der Waals surface area contributed by atoms with Crippen LogP contribution in [0.25, 0.3) is 22.4 Å². The molecule has 1 aromatic heterocycles. The standard InChI is InChI=1S/C14H9BrCl2N2O/c1-20-13-3-2-7(15)4-8(13)14-18-11-5-9(16)10(17)6-12(11)19-14/h2-6H,1H3,(H,18,19). The minimum Gasteiger partial charge on any atom is -0.496 e. The second kappa shape index (κ2) is 5.28. The van der Waals surface area contributed by atoms with Crippen LogP contribution >= 0.6 is 39.1 Å². The van der Waals surface area contributed by atoms with Gasteiger partial charge in [0, 0.05) is 4.47 Å². The third-order valence-electron chi connectivity index (χ3n) is 2.94. The van der Waals surface area contributed by atoms with E-state index in [9.17, 15) is 0 Å². The van der Waals surface area contributed by atoms with E-state index in [0.717, 1.165) is 26.8 Å². The highest BCUT2D eigenvalue weighted by atomic mass is 79.9. The molecule has 0 aliphatic heterocycles. The maximum Gasteiger partial charge on any atom is 0.142 e. The molecule has 0 aliphatic rings. The van der Waals surface area contributed by atoms with E-state index in [1.54, 1.807) is 19.2 Å². The molecule has 0 saturated carbocycles. The molecule has 0 saturated heterocycles. The van der Waals surface area contributed by atoms with Crippen LogP contribution in [0, 0.1) is 0 Å². The Bertz CT molecular complexity index is 762. The Kier molecular flexibility index (Phi) is 3.63. The van der Waals surface area contributed by atoms with Crippen molar-refractivity contribution in [1.82, 2.24) is 9.97 Å². The van der Waals surface area contributed by atoms with Crippen LogP contribution < -0.4 is 4.74 Å². The van der Waals surface area contributed by atoms with E-state index in [1.807, 2.05) is 18.2 Å². The first-order chi connectivity index (χ1) is 9.58. The van der Waals surface area contributed by atoms with Gasteiger partial charge in [-0.15, -0.1) is 0 Å². The zero-order valence-corrected chi connectivity index (χ0v) is 13.5. The molecule has 0 radical (unpaired) electrons. The van der Waals surface area contributed by atoms with Gasteiger partial charge in [0.05, 0.1) is 33.8 Å². The van der Waals surface area contributed by atoms with E-state index in [4.69, 9.17) is 27.9 Å². The van der Waals surface area contributed by atoms with Crippen LogP contribution in [0.1, 0.15) is 0 Å². The second-order valence-corrected chi connectivity index (χ2v) is 5.94. The molecule has 2 aromatic carbocycles. The summed E-state index contributed by atoms with van der Waals surface area (Å²) in [6, 6.07) is 9.24. The van der Waals surface area contributed by atoms with Gasteiger partial charge in [-0.25, -0.2) is 4.98 Å². The summed E-state index contributed by atoms with van der Waals surface area (Å²) in [4.78, 5) is 7.76. The van der Waals surface area contributed by atoms with Crippen molar-refractivity contribution in [1.29, 1.82) is 0 Å². The molecule has 3 rings (SSSR count). The minimum absolute atomic E-state index is 0.485. The summed E-state index contributed by atoms with van der Waals surface area (Å²) in [7, 11) is 1.63. The van der Waals surface area contributed by atoms with Gasteiger partial charge in [0.1, 0.15) is 11.6 Å². The lowest BCUT2D eigenvalue weighted by Gasteiger charge is -2.06. The van der Waals surface area contributed by atoms with Crippen molar-refractivity contribution in [3.05, 3.63) is 44.8 Å².